The summed E-state index contributed by atoms with van der Waals surface area (Å²) < 4.78 is 24.8. The molecule has 0 aliphatic carbocycles. The van der Waals surface area contributed by atoms with E-state index in [1.54, 1.807) is 24.3 Å². The van der Waals surface area contributed by atoms with E-state index in [0.29, 0.717) is 17.2 Å². The number of hydrogen-bond acceptors (Lipinski definition) is 3. The molecule has 0 aromatic heterocycles. The summed E-state index contributed by atoms with van der Waals surface area (Å²) >= 11 is 0. The molecule has 0 spiro atoms. The number of para-hydroxylation sites is 2. The van der Waals surface area contributed by atoms with E-state index in [1.165, 1.54) is 0 Å². The first-order chi connectivity index (χ1) is 12.0. The van der Waals surface area contributed by atoms with E-state index in [4.69, 9.17) is 9.05 Å². The second-order valence-electron chi connectivity index (χ2n) is 5.74. The molecule has 0 bridgehead atoms. The lowest BCUT2D eigenvalue weighted by Gasteiger charge is -2.22. The van der Waals surface area contributed by atoms with Gasteiger partial charge >= 0.3 is 7.75 Å². The van der Waals surface area contributed by atoms with Gasteiger partial charge in [0.15, 0.2) is 0 Å². The van der Waals surface area contributed by atoms with Crippen LogP contribution in [0, 0.1) is 13.8 Å². The third kappa shape index (κ3) is 4.65. The fourth-order valence-electron chi connectivity index (χ4n) is 2.39. The molecule has 0 aliphatic rings. The van der Waals surface area contributed by atoms with Crippen molar-refractivity contribution in [2.24, 2.45) is 0 Å². The highest BCUT2D eigenvalue weighted by atomic mass is 31.2. The van der Waals surface area contributed by atoms with Crippen LogP contribution in [0.15, 0.2) is 78.9 Å². The normalized spacial score (nSPS) is 11.0. The fraction of sp³-hybridized carbons (Fsp3) is 0.100. The first-order valence-corrected chi connectivity index (χ1v) is 9.53. The maximum Gasteiger partial charge on any atom is 0.541 e. The molecule has 0 aliphatic heterocycles. The Balaban J connectivity index is 1.91. The van der Waals surface area contributed by atoms with Crippen molar-refractivity contribution < 1.29 is 13.6 Å². The van der Waals surface area contributed by atoms with Gasteiger partial charge in [-0.05, 0) is 49.7 Å². The van der Waals surface area contributed by atoms with Crippen LogP contribution in [0.4, 0.5) is 5.69 Å². The second-order valence-corrected chi connectivity index (χ2v) is 7.32. The molecule has 1 N–H and O–H groups in total. The molecule has 3 aromatic carbocycles. The molecule has 25 heavy (non-hydrogen) atoms. The number of benzene rings is 3. The number of nitrogens with one attached hydrogen (secondary N) is 1. The van der Waals surface area contributed by atoms with E-state index in [-0.39, 0.29) is 0 Å². The van der Waals surface area contributed by atoms with E-state index in [2.05, 4.69) is 5.09 Å². The van der Waals surface area contributed by atoms with Crippen molar-refractivity contribution in [1.82, 2.24) is 0 Å². The zero-order valence-corrected chi connectivity index (χ0v) is 15.1. The molecule has 5 heteroatoms. The Morgan fingerprint density at radius 2 is 1.28 bits per heavy atom. The SMILES string of the molecule is Cc1ccc(NP(=O)(Oc2ccccc2)Oc2ccccc2)c(C)c1. The zero-order valence-electron chi connectivity index (χ0n) is 14.2. The van der Waals surface area contributed by atoms with Crippen molar-refractivity contribution >= 4 is 13.4 Å². The minimum Gasteiger partial charge on any atom is -0.400 e. The molecule has 0 saturated carbocycles. The minimum absolute atomic E-state index is 0.471. The minimum atomic E-state index is -3.68. The molecule has 0 atom stereocenters. The van der Waals surface area contributed by atoms with Crippen LogP contribution in [0.25, 0.3) is 0 Å². The summed E-state index contributed by atoms with van der Waals surface area (Å²) in [5.41, 5.74) is 2.81. The van der Waals surface area contributed by atoms with Crippen LogP contribution in [0.2, 0.25) is 0 Å². The Labute approximate surface area is 148 Å². The lowest BCUT2D eigenvalue weighted by atomic mass is 10.1. The topological polar surface area (TPSA) is 47.6 Å². The maximum atomic E-state index is 13.4. The maximum absolute atomic E-state index is 13.4. The highest BCUT2D eigenvalue weighted by Crippen LogP contribution is 2.48. The van der Waals surface area contributed by atoms with Crippen molar-refractivity contribution in [1.29, 1.82) is 0 Å². The average molecular weight is 353 g/mol. The predicted octanol–water partition coefficient (Wildman–Crippen LogP) is 5.98. The molecule has 4 nitrogen and oxygen atoms in total. The lowest BCUT2D eigenvalue weighted by Crippen LogP contribution is -2.10. The van der Waals surface area contributed by atoms with Gasteiger partial charge in [-0.3, -0.25) is 5.09 Å². The van der Waals surface area contributed by atoms with Gasteiger partial charge in [-0.15, -0.1) is 0 Å². The molecule has 3 rings (SSSR count). The van der Waals surface area contributed by atoms with Crippen LogP contribution < -0.4 is 14.1 Å². The zero-order chi connectivity index (χ0) is 17.7. The lowest BCUT2D eigenvalue weighted by molar-refractivity contribution is 0.393. The third-order valence-corrected chi connectivity index (χ3v) is 4.99. The Hall–Kier alpha value is -2.71. The van der Waals surface area contributed by atoms with Crippen LogP contribution in [-0.2, 0) is 4.57 Å². The van der Waals surface area contributed by atoms with E-state index in [1.807, 2.05) is 68.4 Å². The average Bonchev–Trinajstić information content (AvgIpc) is 2.59. The molecule has 0 radical (unpaired) electrons. The Kier molecular flexibility index (Phi) is 5.11. The van der Waals surface area contributed by atoms with Crippen molar-refractivity contribution in [3.63, 3.8) is 0 Å². The standard InChI is InChI=1S/C20H20NO3P/c1-16-13-14-20(17(2)15-16)21-25(22,23-18-9-5-3-6-10-18)24-19-11-7-4-8-12-19/h3-15H,1-2H3,(H,21,22). The molecule has 0 heterocycles. The first kappa shape index (κ1) is 17.1. The van der Waals surface area contributed by atoms with Crippen LogP contribution in [-0.4, -0.2) is 0 Å². The van der Waals surface area contributed by atoms with E-state index >= 15 is 0 Å². The van der Waals surface area contributed by atoms with Gasteiger partial charge in [-0.1, -0.05) is 54.1 Å². The molecule has 128 valence electrons. The van der Waals surface area contributed by atoms with Gasteiger partial charge in [0.1, 0.15) is 11.5 Å². The number of anilines is 1. The summed E-state index contributed by atoms with van der Waals surface area (Å²) in [5, 5.41) is 2.96. The molecule has 0 fully saturated rings. The number of hydrogen-bond donors (Lipinski definition) is 1. The van der Waals surface area contributed by atoms with Crippen LogP contribution in [0.5, 0.6) is 11.5 Å². The van der Waals surface area contributed by atoms with Crippen molar-refractivity contribution in [2.45, 2.75) is 13.8 Å². The van der Waals surface area contributed by atoms with Gasteiger partial charge in [0.25, 0.3) is 0 Å². The fourth-order valence-corrected chi connectivity index (χ4v) is 3.86. The summed E-state index contributed by atoms with van der Waals surface area (Å²) in [6, 6.07) is 23.8. The molecule has 3 aromatic rings. The third-order valence-electron chi connectivity index (χ3n) is 3.58. The second kappa shape index (κ2) is 7.45. The molecular weight excluding hydrogens is 333 g/mol. The quantitative estimate of drug-likeness (QED) is 0.554. The summed E-state index contributed by atoms with van der Waals surface area (Å²) in [6.07, 6.45) is 0. The number of aryl methyl sites for hydroxylation is 2. The summed E-state index contributed by atoms with van der Waals surface area (Å²) in [5.74, 6) is 0.943. The largest absolute Gasteiger partial charge is 0.541 e. The summed E-state index contributed by atoms with van der Waals surface area (Å²) in [6.45, 7) is 3.96. The van der Waals surface area contributed by atoms with Gasteiger partial charge in [0.2, 0.25) is 0 Å². The van der Waals surface area contributed by atoms with Crippen LogP contribution >= 0.6 is 7.75 Å². The van der Waals surface area contributed by atoms with E-state index in [9.17, 15) is 4.57 Å². The predicted molar refractivity (Wildman–Crippen MR) is 101 cm³/mol. The molecule has 0 unspecified atom stereocenters. The molecular formula is C20H20NO3P. The highest BCUT2D eigenvalue weighted by Gasteiger charge is 2.29. The van der Waals surface area contributed by atoms with E-state index in [0.717, 1.165) is 11.1 Å². The van der Waals surface area contributed by atoms with Crippen molar-refractivity contribution in [3.05, 3.63) is 90.0 Å². The molecule has 0 saturated heterocycles. The monoisotopic (exact) mass is 353 g/mol. The van der Waals surface area contributed by atoms with Crippen LogP contribution in [0.1, 0.15) is 11.1 Å². The van der Waals surface area contributed by atoms with Crippen molar-refractivity contribution in [2.75, 3.05) is 5.09 Å². The van der Waals surface area contributed by atoms with Crippen molar-refractivity contribution in [3.8, 4) is 11.5 Å². The van der Waals surface area contributed by atoms with Gasteiger partial charge in [0.05, 0.1) is 0 Å². The summed E-state index contributed by atoms with van der Waals surface area (Å²) in [4.78, 5) is 0. The highest BCUT2D eigenvalue weighted by molar-refractivity contribution is 7.56. The number of rotatable bonds is 6. The van der Waals surface area contributed by atoms with Crippen LogP contribution in [0.3, 0.4) is 0 Å². The van der Waals surface area contributed by atoms with E-state index < -0.39 is 7.75 Å². The smallest absolute Gasteiger partial charge is 0.400 e. The Bertz CT molecular complexity index is 836. The Morgan fingerprint density at radius 3 is 1.76 bits per heavy atom. The first-order valence-electron chi connectivity index (χ1n) is 7.99. The Morgan fingerprint density at radius 1 is 0.760 bits per heavy atom. The van der Waals surface area contributed by atoms with Gasteiger partial charge < -0.3 is 9.05 Å². The summed E-state index contributed by atoms with van der Waals surface area (Å²) in [7, 11) is -3.68. The van der Waals surface area contributed by atoms with Gasteiger partial charge in [-0.2, -0.15) is 0 Å². The van der Waals surface area contributed by atoms with Gasteiger partial charge in [0, 0.05) is 5.69 Å². The van der Waals surface area contributed by atoms with Gasteiger partial charge in [-0.25, -0.2) is 4.57 Å². The molecule has 0 amide bonds.